The standard InChI is InChI=1S/C16H19N3O3S/c1-9-11(3)23-16(18-9)19-15(20)10(2)17-12-4-5-13-14(8-12)22-7-6-21-13/h4-5,8,10,17H,6-7H2,1-3H3,(H,18,19,20)/t10-/m0/s1. The van der Waals surface area contributed by atoms with Gasteiger partial charge in [-0.3, -0.25) is 4.79 Å². The Kier molecular flexibility index (Phi) is 4.38. The number of ether oxygens (including phenoxy) is 2. The largest absolute Gasteiger partial charge is 0.486 e. The lowest BCUT2D eigenvalue weighted by Crippen LogP contribution is -2.31. The minimum absolute atomic E-state index is 0.131. The maximum Gasteiger partial charge on any atom is 0.248 e. The monoisotopic (exact) mass is 333 g/mol. The van der Waals surface area contributed by atoms with Crippen LogP contribution in [0.2, 0.25) is 0 Å². The Morgan fingerprint density at radius 1 is 1.26 bits per heavy atom. The number of carbonyl (C=O) groups excluding carboxylic acids is 1. The molecule has 1 atom stereocenters. The number of thiazole rings is 1. The van der Waals surface area contributed by atoms with Crippen LogP contribution in [0.25, 0.3) is 0 Å². The molecule has 1 aromatic carbocycles. The highest BCUT2D eigenvalue weighted by Gasteiger charge is 2.17. The average molecular weight is 333 g/mol. The van der Waals surface area contributed by atoms with Crippen LogP contribution in [0.15, 0.2) is 18.2 Å². The van der Waals surface area contributed by atoms with Crippen molar-refractivity contribution in [3.05, 3.63) is 28.8 Å². The molecule has 1 amide bonds. The second-order valence-electron chi connectivity index (χ2n) is 5.37. The number of nitrogens with one attached hydrogen (secondary N) is 2. The number of amides is 1. The van der Waals surface area contributed by atoms with E-state index in [0.717, 1.165) is 22.0 Å². The minimum atomic E-state index is -0.401. The molecule has 0 saturated carbocycles. The molecular weight excluding hydrogens is 314 g/mol. The van der Waals surface area contributed by atoms with Crippen LogP contribution < -0.4 is 20.1 Å². The molecule has 0 fully saturated rings. The van der Waals surface area contributed by atoms with Gasteiger partial charge in [0.1, 0.15) is 19.3 Å². The molecule has 3 rings (SSSR count). The summed E-state index contributed by atoms with van der Waals surface area (Å²) in [6.45, 7) is 6.82. The Bertz CT molecular complexity index is 710. The summed E-state index contributed by atoms with van der Waals surface area (Å²) in [7, 11) is 0. The van der Waals surface area contributed by atoms with E-state index in [2.05, 4.69) is 15.6 Å². The lowest BCUT2D eigenvalue weighted by molar-refractivity contribution is -0.116. The molecule has 0 spiro atoms. The summed E-state index contributed by atoms with van der Waals surface area (Å²) in [5, 5.41) is 6.62. The van der Waals surface area contributed by atoms with Gasteiger partial charge in [0.05, 0.1) is 5.69 Å². The smallest absolute Gasteiger partial charge is 0.248 e. The lowest BCUT2D eigenvalue weighted by atomic mass is 10.2. The molecule has 0 unspecified atom stereocenters. The van der Waals surface area contributed by atoms with Gasteiger partial charge in [0, 0.05) is 16.6 Å². The van der Waals surface area contributed by atoms with Gasteiger partial charge in [-0.2, -0.15) is 0 Å². The van der Waals surface area contributed by atoms with Gasteiger partial charge in [-0.25, -0.2) is 4.98 Å². The van der Waals surface area contributed by atoms with E-state index in [1.54, 1.807) is 6.92 Å². The fourth-order valence-electron chi connectivity index (χ4n) is 2.19. The molecule has 2 heterocycles. The van der Waals surface area contributed by atoms with Crippen molar-refractivity contribution in [2.24, 2.45) is 0 Å². The van der Waals surface area contributed by atoms with Crippen LogP contribution in [0, 0.1) is 13.8 Å². The van der Waals surface area contributed by atoms with E-state index in [1.807, 2.05) is 32.0 Å². The quantitative estimate of drug-likeness (QED) is 0.900. The first-order valence-electron chi connectivity index (χ1n) is 7.44. The zero-order valence-electron chi connectivity index (χ0n) is 13.3. The number of carbonyl (C=O) groups is 1. The minimum Gasteiger partial charge on any atom is -0.486 e. The number of aromatic nitrogens is 1. The van der Waals surface area contributed by atoms with E-state index in [1.165, 1.54) is 11.3 Å². The number of nitrogens with zero attached hydrogens (tertiary/aromatic N) is 1. The maximum absolute atomic E-state index is 12.3. The van der Waals surface area contributed by atoms with Crippen LogP contribution in [0.3, 0.4) is 0 Å². The Hall–Kier alpha value is -2.28. The number of aryl methyl sites for hydroxylation is 2. The van der Waals surface area contributed by atoms with E-state index >= 15 is 0 Å². The first kappa shape index (κ1) is 15.6. The molecule has 0 bridgehead atoms. The molecule has 1 aromatic heterocycles. The molecule has 122 valence electrons. The van der Waals surface area contributed by atoms with Gasteiger partial charge in [-0.1, -0.05) is 0 Å². The van der Waals surface area contributed by atoms with Crippen molar-refractivity contribution in [2.45, 2.75) is 26.8 Å². The van der Waals surface area contributed by atoms with Crippen LogP contribution in [0.4, 0.5) is 10.8 Å². The van der Waals surface area contributed by atoms with Gasteiger partial charge in [0.25, 0.3) is 0 Å². The third kappa shape index (κ3) is 3.56. The lowest BCUT2D eigenvalue weighted by Gasteiger charge is -2.20. The average Bonchev–Trinajstić information content (AvgIpc) is 2.85. The van der Waals surface area contributed by atoms with E-state index in [-0.39, 0.29) is 5.91 Å². The van der Waals surface area contributed by atoms with E-state index in [9.17, 15) is 4.79 Å². The summed E-state index contributed by atoms with van der Waals surface area (Å²) in [6, 6.07) is 5.15. The van der Waals surface area contributed by atoms with Crippen molar-refractivity contribution >= 4 is 28.1 Å². The van der Waals surface area contributed by atoms with Crippen molar-refractivity contribution in [1.82, 2.24) is 4.98 Å². The second kappa shape index (κ2) is 6.45. The molecule has 1 aliphatic heterocycles. The van der Waals surface area contributed by atoms with Gasteiger partial charge in [0.2, 0.25) is 5.91 Å². The number of benzene rings is 1. The van der Waals surface area contributed by atoms with E-state index in [4.69, 9.17) is 9.47 Å². The number of anilines is 2. The molecular formula is C16H19N3O3S. The molecule has 6 nitrogen and oxygen atoms in total. The first-order valence-corrected chi connectivity index (χ1v) is 8.25. The molecule has 7 heteroatoms. The Morgan fingerprint density at radius 3 is 2.70 bits per heavy atom. The predicted octanol–water partition coefficient (Wildman–Crippen LogP) is 2.97. The van der Waals surface area contributed by atoms with Crippen LogP contribution in [-0.2, 0) is 4.79 Å². The third-order valence-corrected chi connectivity index (χ3v) is 4.57. The normalized spacial score (nSPS) is 14.2. The molecule has 0 aliphatic carbocycles. The van der Waals surface area contributed by atoms with Crippen molar-refractivity contribution in [1.29, 1.82) is 0 Å². The zero-order chi connectivity index (χ0) is 16.4. The van der Waals surface area contributed by atoms with Gasteiger partial charge < -0.3 is 20.1 Å². The predicted molar refractivity (Wildman–Crippen MR) is 90.7 cm³/mol. The summed E-state index contributed by atoms with van der Waals surface area (Å²) in [6.07, 6.45) is 0. The fourth-order valence-corrected chi connectivity index (χ4v) is 3.01. The van der Waals surface area contributed by atoms with Crippen molar-refractivity contribution < 1.29 is 14.3 Å². The van der Waals surface area contributed by atoms with Crippen molar-refractivity contribution in [3.63, 3.8) is 0 Å². The highest BCUT2D eigenvalue weighted by molar-refractivity contribution is 7.15. The van der Waals surface area contributed by atoms with Gasteiger partial charge in [-0.15, -0.1) is 11.3 Å². The van der Waals surface area contributed by atoms with E-state index < -0.39 is 6.04 Å². The van der Waals surface area contributed by atoms with Crippen LogP contribution >= 0.6 is 11.3 Å². The number of rotatable bonds is 4. The van der Waals surface area contributed by atoms with Crippen LogP contribution in [0.1, 0.15) is 17.5 Å². The number of hydrogen-bond donors (Lipinski definition) is 2. The molecule has 2 N–H and O–H groups in total. The third-order valence-electron chi connectivity index (χ3n) is 3.58. The van der Waals surface area contributed by atoms with Crippen LogP contribution in [-0.4, -0.2) is 30.1 Å². The Morgan fingerprint density at radius 2 is 2.00 bits per heavy atom. The summed E-state index contributed by atoms with van der Waals surface area (Å²) in [4.78, 5) is 17.7. The SMILES string of the molecule is Cc1nc(NC(=O)[C@H](C)Nc2ccc3c(c2)OCCO3)sc1C. The topological polar surface area (TPSA) is 72.5 Å². The van der Waals surface area contributed by atoms with Gasteiger partial charge in [0.15, 0.2) is 16.6 Å². The zero-order valence-corrected chi connectivity index (χ0v) is 14.1. The molecule has 1 aliphatic rings. The van der Waals surface area contributed by atoms with Crippen molar-refractivity contribution in [3.8, 4) is 11.5 Å². The second-order valence-corrected chi connectivity index (χ2v) is 6.58. The van der Waals surface area contributed by atoms with E-state index in [0.29, 0.717) is 24.1 Å². The fraction of sp³-hybridized carbons (Fsp3) is 0.375. The molecule has 0 saturated heterocycles. The Labute approximate surface area is 138 Å². The highest BCUT2D eigenvalue weighted by Crippen LogP contribution is 2.32. The molecule has 23 heavy (non-hydrogen) atoms. The van der Waals surface area contributed by atoms with Crippen LogP contribution in [0.5, 0.6) is 11.5 Å². The number of fused-ring (bicyclic) bond motifs is 1. The Balaban J connectivity index is 1.64. The van der Waals surface area contributed by atoms with Gasteiger partial charge >= 0.3 is 0 Å². The summed E-state index contributed by atoms with van der Waals surface area (Å²) in [5.41, 5.74) is 1.75. The number of hydrogen-bond acceptors (Lipinski definition) is 6. The molecule has 0 radical (unpaired) electrons. The maximum atomic E-state index is 12.3. The summed E-state index contributed by atoms with van der Waals surface area (Å²) in [5.74, 6) is 1.29. The van der Waals surface area contributed by atoms with Crippen molar-refractivity contribution in [2.75, 3.05) is 23.8 Å². The summed E-state index contributed by atoms with van der Waals surface area (Å²) >= 11 is 1.48. The molecule has 2 aromatic rings. The summed E-state index contributed by atoms with van der Waals surface area (Å²) < 4.78 is 11.0. The van der Waals surface area contributed by atoms with Gasteiger partial charge in [-0.05, 0) is 32.9 Å². The first-order chi connectivity index (χ1) is 11.0. The highest BCUT2D eigenvalue weighted by atomic mass is 32.1.